The fraction of sp³-hybridized carbons (Fsp3) is 0.615. The molecule has 0 radical (unpaired) electrons. The van der Waals surface area contributed by atoms with Gasteiger partial charge in [0.05, 0.1) is 4.34 Å². The van der Waals surface area contributed by atoms with Crippen molar-refractivity contribution in [3.05, 3.63) is 20.3 Å². The average molecular weight is 273 g/mol. The standard InChI is InChI=1S/C13H17ClO2S/c1-13(2,3)16-12(15)10-8-6-4-5-7-9(8)11(14)17-10/h4-7H2,1-3H3. The summed E-state index contributed by atoms with van der Waals surface area (Å²) in [7, 11) is 0. The predicted molar refractivity (Wildman–Crippen MR) is 71.1 cm³/mol. The zero-order chi connectivity index (χ0) is 12.6. The maximum absolute atomic E-state index is 12.1. The summed E-state index contributed by atoms with van der Waals surface area (Å²) in [6.45, 7) is 5.64. The van der Waals surface area contributed by atoms with Crippen LogP contribution < -0.4 is 0 Å². The summed E-state index contributed by atoms with van der Waals surface area (Å²) in [6, 6.07) is 0. The summed E-state index contributed by atoms with van der Waals surface area (Å²) in [6.07, 6.45) is 4.24. The smallest absolute Gasteiger partial charge is 0.349 e. The molecule has 0 saturated heterocycles. The fourth-order valence-electron chi connectivity index (χ4n) is 2.07. The first kappa shape index (κ1) is 12.9. The number of hydrogen-bond donors (Lipinski definition) is 0. The number of thiophene rings is 1. The van der Waals surface area contributed by atoms with Gasteiger partial charge < -0.3 is 4.74 Å². The number of fused-ring (bicyclic) bond motifs is 1. The Balaban J connectivity index is 2.30. The van der Waals surface area contributed by atoms with E-state index in [1.807, 2.05) is 20.8 Å². The molecule has 0 atom stereocenters. The van der Waals surface area contributed by atoms with E-state index in [0.717, 1.165) is 35.6 Å². The lowest BCUT2D eigenvalue weighted by Crippen LogP contribution is -2.24. The molecule has 4 heteroatoms. The van der Waals surface area contributed by atoms with Gasteiger partial charge in [-0.2, -0.15) is 0 Å². The van der Waals surface area contributed by atoms with Crippen molar-refractivity contribution in [3.63, 3.8) is 0 Å². The van der Waals surface area contributed by atoms with Crippen molar-refractivity contribution in [2.24, 2.45) is 0 Å². The van der Waals surface area contributed by atoms with Crippen LogP contribution in [0.3, 0.4) is 0 Å². The molecule has 1 aromatic heterocycles. The molecule has 0 N–H and O–H groups in total. The molecule has 17 heavy (non-hydrogen) atoms. The molecular weight excluding hydrogens is 256 g/mol. The lowest BCUT2D eigenvalue weighted by Gasteiger charge is -2.20. The molecular formula is C13H17ClO2S. The topological polar surface area (TPSA) is 26.3 Å². The van der Waals surface area contributed by atoms with Gasteiger partial charge in [-0.25, -0.2) is 4.79 Å². The van der Waals surface area contributed by atoms with Gasteiger partial charge in [-0.3, -0.25) is 0 Å². The molecule has 2 nitrogen and oxygen atoms in total. The van der Waals surface area contributed by atoms with Gasteiger partial charge in [0, 0.05) is 0 Å². The molecule has 1 aromatic rings. The number of rotatable bonds is 1. The number of esters is 1. The maximum Gasteiger partial charge on any atom is 0.349 e. The van der Waals surface area contributed by atoms with E-state index in [1.165, 1.54) is 16.9 Å². The van der Waals surface area contributed by atoms with Crippen molar-refractivity contribution in [3.8, 4) is 0 Å². The number of carbonyl (C=O) groups is 1. The van der Waals surface area contributed by atoms with E-state index < -0.39 is 5.60 Å². The monoisotopic (exact) mass is 272 g/mol. The van der Waals surface area contributed by atoms with Crippen LogP contribution in [0.4, 0.5) is 0 Å². The van der Waals surface area contributed by atoms with Gasteiger partial charge in [0.25, 0.3) is 0 Å². The minimum Gasteiger partial charge on any atom is -0.456 e. The largest absolute Gasteiger partial charge is 0.456 e. The quantitative estimate of drug-likeness (QED) is 0.715. The molecule has 1 aliphatic carbocycles. The average Bonchev–Trinajstić information content (AvgIpc) is 2.55. The number of carbonyl (C=O) groups excluding carboxylic acids is 1. The second-order valence-electron chi connectivity index (χ2n) is 5.37. The molecule has 0 fully saturated rings. The van der Waals surface area contributed by atoms with Gasteiger partial charge in [0.15, 0.2) is 0 Å². The van der Waals surface area contributed by atoms with E-state index in [4.69, 9.17) is 16.3 Å². The second-order valence-corrected chi connectivity index (χ2v) is 6.99. The molecule has 94 valence electrons. The van der Waals surface area contributed by atoms with Crippen molar-refractivity contribution >= 4 is 28.9 Å². The zero-order valence-electron chi connectivity index (χ0n) is 10.4. The predicted octanol–water partition coefficient (Wildman–Crippen LogP) is 4.24. The van der Waals surface area contributed by atoms with Crippen LogP contribution in [0.2, 0.25) is 4.34 Å². The van der Waals surface area contributed by atoms with Gasteiger partial charge in [-0.15, -0.1) is 11.3 Å². The summed E-state index contributed by atoms with van der Waals surface area (Å²) in [4.78, 5) is 12.8. The SMILES string of the molecule is CC(C)(C)OC(=O)c1sc(Cl)c2c1CCCC2. The van der Waals surface area contributed by atoms with Crippen LogP contribution in [0.5, 0.6) is 0 Å². The van der Waals surface area contributed by atoms with E-state index in [-0.39, 0.29) is 5.97 Å². The fourth-order valence-corrected chi connectivity index (χ4v) is 3.52. The number of hydrogen-bond acceptors (Lipinski definition) is 3. The summed E-state index contributed by atoms with van der Waals surface area (Å²) in [5, 5.41) is 0. The molecule has 1 heterocycles. The highest BCUT2D eigenvalue weighted by atomic mass is 35.5. The molecule has 0 aromatic carbocycles. The van der Waals surface area contributed by atoms with E-state index in [2.05, 4.69) is 0 Å². The third-order valence-corrected chi connectivity index (χ3v) is 4.26. The van der Waals surface area contributed by atoms with Gasteiger partial charge in [0.2, 0.25) is 0 Å². The molecule has 0 unspecified atom stereocenters. The zero-order valence-corrected chi connectivity index (χ0v) is 12.0. The highest BCUT2D eigenvalue weighted by Crippen LogP contribution is 2.38. The Labute approximate surface area is 111 Å². The summed E-state index contributed by atoms with van der Waals surface area (Å²) in [5.74, 6) is -0.229. The Bertz CT molecular complexity index is 443. The highest BCUT2D eigenvalue weighted by molar-refractivity contribution is 7.18. The van der Waals surface area contributed by atoms with Gasteiger partial charge in [-0.1, -0.05) is 11.6 Å². The van der Waals surface area contributed by atoms with E-state index >= 15 is 0 Å². The van der Waals surface area contributed by atoms with Crippen molar-refractivity contribution in [1.29, 1.82) is 0 Å². The molecule has 0 saturated carbocycles. The van der Waals surface area contributed by atoms with Crippen LogP contribution >= 0.6 is 22.9 Å². The van der Waals surface area contributed by atoms with Crippen LogP contribution in [0.1, 0.15) is 54.4 Å². The minimum absolute atomic E-state index is 0.229. The molecule has 1 aliphatic rings. The number of ether oxygens (including phenoxy) is 1. The Hall–Kier alpha value is -0.540. The Morgan fingerprint density at radius 1 is 1.24 bits per heavy atom. The third kappa shape index (κ3) is 2.83. The second kappa shape index (κ2) is 4.62. The van der Waals surface area contributed by atoms with E-state index in [1.54, 1.807) is 0 Å². The minimum atomic E-state index is -0.449. The van der Waals surface area contributed by atoms with Crippen molar-refractivity contribution < 1.29 is 9.53 Å². The van der Waals surface area contributed by atoms with E-state index in [9.17, 15) is 4.79 Å². The maximum atomic E-state index is 12.1. The van der Waals surface area contributed by atoms with Crippen LogP contribution in [-0.2, 0) is 17.6 Å². The molecule has 0 spiro atoms. The first-order valence-corrected chi connectivity index (χ1v) is 7.11. The Morgan fingerprint density at radius 3 is 2.41 bits per heavy atom. The summed E-state index contributed by atoms with van der Waals surface area (Å²) >= 11 is 7.56. The van der Waals surface area contributed by atoms with Crippen molar-refractivity contribution in [2.45, 2.75) is 52.1 Å². The van der Waals surface area contributed by atoms with Gasteiger partial charge in [-0.05, 0) is 57.6 Å². The highest BCUT2D eigenvalue weighted by Gasteiger charge is 2.27. The lowest BCUT2D eigenvalue weighted by atomic mass is 9.94. The molecule has 2 rings (SSSR count). The summed E-state index contributed by atoms with van der Waals surface area (Å²) < 4.78 is 6.18. The molecule has 0 aliphatic heterocycles. The van der Waals surface area contributed by atoms with Crippen LogP contribution in [-0.4, -0.2) is 11.6 Å². The van der Waals surface area contributed by atoms with Crippen LogP contribution in [0.15, 0.2) is 0 Å². The Kier molecular flexibility index (Phi) is 3.50. The lowest BCUT2D eigenvalue weighted by molar-refractivity contribution is 0.00739. The first-order chi connectivity index (χ1) is 7.88. The normalized spacial score (nSPS) is 15.5. The van der Waals surface area contributed by atoms with Gasteiger partial charge >= 0.3 is 5.97 Å². The van der Waals surface area contributed by atoms with E-state index in [0.29, 0.717) is 4.88 Å². The van der Waals surface area contributed by atoms with Crippen molar-refractivity contribution in [1.82, 2.24) is 0 Å². The Morgan fingerprint density at radius 2 is 1.82 bits per heavy atom. The van der Waals surface area contributed by atoms with Crippen LogP contribution in [0.25, 0.3) is 0 Å². The number of halogens is 1. The summed E-state index contributed by atoms with van der Waals surface area (Å²) in [5.41, 5.74) is 1.85. The van der Waals surface area contributed by atoms with Crippen molar-refractivity contribution in [2.75, 3.05) is 0 Å². The van der Waals surface area contributed by atoms with Crippen LogP contribution in [0, 0.1) is 0 Å². The molecule has 0 amide bonds. The first-order valence-electron chi connectivity index (χ1n) is 5.92. The third-order valence-electron chi connectivity index (χ3n) is 2.76. The molecule has 0 bridgehead atoms. The van der Waals surface area contributed by atoms with Gasteiger partial charge in [0.1, 0.15) is 10.5 Å².